The molecule has 0 radical (unpaired) electrons. The molecule has 1 saturated heterocycles. The van der Waals surface area contributed by atoms with Crippen molar-refractivity contribution in [3.63, 3.8) is 0 Å². The minimum absolute atomic E-state index is 0.0343. The highest BCUT2D eigenvalue weighted by Crippen LogP contribution is 2.29. The Morgan fingerprint density at radius 3 is 2.45 bits per heavy atom. The number of carbonyl (C=O) groups excluding carboxylic acids is 1. The van der Waals surface area contributed by atoms with E-state index in [1.54, 1.807) is 17.0 Å². The fraction of sp³-hybridized carbons (Fsp3) is 0.0667. The molecule has 20 heavy (non-hydrogen) atoms. The van der Waals surface area contributed by atoms with Crippen molar-refractivity contribution in [1.29, 1.82) is 0 Å². The van der Waals surface area contributed by atoms with E-state index in [0.29, 0.717) is 15.9 Å². The second-order valence-corrected chi connectivity index (χ2v) is 5.60. The lowest BCUT2D eigenvalue weighted by molar-refractivity contribution is -0.115. The Kier molecular flexibility index (Phi) is 3.76. The smallest absolute Gasteiger partial charge is 0.243 e. The molecule has 2 aromatic rings. The van der Waals surface area contributed by atoms with Crippen LogP contribution in [0.25, 0.3) is 0 Å². The van der Waals surface area contributed by atoms with Gasteiger partial charge in [-0.05, 0) is 36.4 Å². The fourth-order valence-corrected chi connectivity index (χ4v) is 2.92. The Morgan fingerprint density at radius 2 is 1.75 bits per heavy atom. The quantitative estimate of drug-likeness (QED) is 0.836. The second kappa shape index (κ2) is 5.69. The van der Waals surface area contributed by atoms with Gasteiger partial charge >= 0.3 is 0 Å². The van der Waals surface area contributed by atoms with Crippen LogP contribution in [0.15, 0.2) is 59.6 Å². The number of aliphatic imine (C=N–C) groups is 1. The molecule has 0 spiro atoms. The minimum Gasteiger partial charge on any atom is -0.273 e. The van der Waals surface area contributed by atoms with E-state index < -0.39 is 0 Å². The van der Waals surface area contributed by atoms with Gasteiger partial charge in [0, 0.05) is 5.02 Å². The predicted molar refractivity (Wildman–Crippen MR) is 84.9 cm³/mol. The van der Waals surface area contributed by atoms with Crippen LogP contribution >= 0.6 is 23.4 Å². The van der Waals surface area contributed by atoms with Crippen molar-refractivity contribution in [3.05, 3.63) is 59.6 Å². The van der Waals surface area contributed by atoms with Gasteiger partial charge in [0.25, 0.3) is 0 Å². The monoisotopic (exact) mass is 302 g/mol. The first-order valence-corrected chi connectivity index (χ1v) is 7.45. The topological polar surface area (TPSA) is 32.7 Å². The fourth-order valence-electron chi connectivity index (χ4n) is 1.90. The lowest BCUT2D eigenvalue weighted by atomic mass is 10.3. The Balaban J connectivity index is 1.97. The van der Waals surface area contributed by atoms with Crippen LogP contribution in [0.4, 0.5) is 11.4 Å². The van der Waals surface area contributed by atoms with Crippen LogP contribution in [0.2, 0.25) is 5.02 Å². The Bertz CT molecular complexity index is 655. The summed E-state index contributed by atoms with van der Waals surface area (Å²) in [6.07, 6.45) is 0. The summed E-state index contributed by atoms with van der Waals surface area (Å²) in [7, 11) is 0. The predicted octanol–water partition coefficient (Wildman–Crippen LogP) is 4.11. The number of nitrogens with zero attached hydrogens (tertiary/aromatic N) is 2. The number of hydrogen-bond donors (Lipinski definition) is 0. The normalized spacial score (nSPS) is 16.9. The molecule has 3 rings (SSSR count). The maximum absolute atomic E-state index is 12.1. The van der Waals surface area contributed by atoms with Crippen molar-refractivity contribution >= 4 is 45.8 Å². The molecule has 0 bridgehead atoms. The zero-order valence-corrected chi connectivity index (χ0v) is 12.1. The molecule has 1 heterocycles. The van der Waals surface area contributed by atoms with Crippen LogP contribution in [0.3, 0.4) is 0 Å². The molecular formula is C15H11ClN2OS. The van der Waals surface area contributed by atoms with E-state index in [1.807, 2.05) is 42.5 Å². The third-order valence-corrected chi connectivity index (χ3v) is 4.01. The van der Waals surface area contributed by atoms with E-state index in [-0.39, 0.29) is 5.91 Å². The highest BCUT2D eigenvalue weighted by atomic mass is 35.5. The Morgan fingerprint density at radius 1 is 1.05 bits per heavy atom. The summed E-state index contributed by atoms with van der Waals surface area (Å²) in [4.78, 5) is 18.2. The molecule has 0 saturated carbocycles. The summed E-state index contributed by atoms with van der Waals surface area (Å²) < 4.78 is 0. The first-order valence-electron chi connectivity index (χ1n) is 6.09. The Labute approximate surface area is 126 Å². The number of rotatable bonds is 2. The van der Waals surface area contributed by atoms with Crippen molar-refractivity contribution in [2.24, 2.45) is 4.99 Å². The van der Waals surface area contributed by atoms with Gasteiger partial charge in [-0.1, -0.05) is 41.6 Å². The molecule has 1 amide bonds. The van der Waals surface area contributed by atoms with Gasteiger partial charge in [0.15, 0.2) is 5.17 Å². The van der Waals surface area contributed by atoms with Crippen LogP contribution in [-0.4, -0.2) is 16.8 Å². The summed E-state index contributed by atoms with van der Waals surface area (Å²) >= 11 is 7.33. The van der Waals surface area contributed by atoms with Gasteiger partial charge in [0.05, 0.1) is 17.1 Å². The molecule has 2 aromatic carbocycles. The SMILES string of the molecule is O=C1CSC(=Nc2ccccc2)N1c1ccc(Cl)cc1. The van der Waals surface area contributed by atoms with Crippen LogP contribution in [0.1, 0.15) is 0 Å². The van der Waals surface area contributed by atoms with E-state index in [2.05, 4.69) is 4.99 Å². The van der Waals surface area contributed by atoms with Crippen LogP contribution < -0.4 is 4.90 Å². The summed E-state index contributed by atoms with van der Waals surface area (Å²) in [5, 5.41) is 1.35. The van der Waals surface area contributed by atoms with Crippen LogP contribution in [0.5, 0.6) is 0 Å². The van der Waals surface area contributed by atoms with Gasteiger partial charge in [-0.15, -0.1) is 0 Å². The average molecular weight is 303 g/mol. The molecule has 0 N–H and O–H groups in total. The first kappa shape index (κ1) is 13.2. The van der Waals surface area contributed by atoms with Gasteiger partial charge in [-0.3, -0.25) is 9.69 Å². The third kappa shape index (κ3) is 2.71. The minimum atomic E-state index is 0.0343. The number of amidine groups is 1. The van der Waals surface area contributed by atoms with E-state index in [0.717, 1.165) is 11.4 Å². The number of halogens is 1. The number of anilines is 1. The zero-order chi connectivity index (χ0) is 13.9. The van der Waals surface area contributed by atoms with Crippen LogP contribution in [-0.2, 0) is 4.79 Å². The molecule has 5 heteroatoms. The van der Waals surface area contributed by atoms with Crippen molar-refractivity contribution < 1.29 is 4.79 Å². The van der Waals surface area contributed by atoms with E-state index in [4.69, 9.17) is 11.6 Å². The molecule has 0 aromatic heterocycles. The van der Waals surface area contributed by atoms with E-state index in [9.17, 15) is 4.79 Å². The second-order valence-electron chi connectivity index (χ2n) is 4.22. The lowest BCUT2D eigenvalue weighted by Crippen LogP contribution is -2.28. The molecule has 1 aliphatic heterocycles. The molecule has 1 aliphatic rings. The highest BCUT2D eigenvalue weighted by Gasteiger charge is 2.29. The third-order valence-electron chi connectivity index (χ3n) is 2.83. The number of benzene rings is 2. The number of amides is 1. The van der Waals surface area contributed by atoms with Gasteiger partial charge in [0.2, 0.25) is 5.91 Å². The number of thioether (sulfide) groups is 1. The average Bonchev–Trinajstić information content (AvgIpc) is 2.82. The van der Waals surface area contributed by atoms with Crippen LogP contribution in [0, 0.1) is 0 Å². The largest absolute Gasteiger partial charge is 0.273 e. The van der Waals surface area contributed by atoms with E-state index in [1.165, 1.54) is 11.8 Å². The maximum Gasteiger partial charge on any atom is 0.243 e. The van der Waals surface area contributed by atoms with Crippen molar-refractivity contribution in [1.82, 2.24) is 0 Å². The maximum atomic E-state index is 12.1. The van der Waals surface area contributed by atoms with Gasteiger partial charge < -0.3 is 0 Å². The van der Waals surface area contributed by atoms with Crippen molar-refractivity contribution in [3.8, 4) is 0 Å². The molecule has 1 fully saturated rings. The molecular weight excluding hydrogens is 292 g/mol. The summed E-state index contributed by atoms with van der Waals surface area (Å²) in [5.41, 5.74) is 1.63. The molecule has 100 valence electrons. The number of carbonyl (C=O) groups is 1. The molecule has 3 nitrogen and oxygen atoms in total. The first-order chi connectivity index (χ1) is 9.74. The van der Waals surface area contributed by atoms with Crippen molar-refractivity contribution in [2.75, 3.05) is 10.7 Å². The molecule has 0 atom stereocenters. The summed E-state index contributed by atoms with van der Waals surface area (Å²) in [6, 6.07) is 16.8. The van der Waals surface area contributed by atoms with Gasteiger partial charge in [-0.25, -0.2) is 4.99 Å². The summed E-state index contributed by atoms with van der Waals surface area (Å²) in [6.45, 7) is 0. The molecule has 0 aliphatic carbocycles. The lowest BCUT2D eigenvalue weighted by Gasteiger charge is -2.16. The Hall–Kier alpha value is -1.78. The van der Waals surface area contributed by atoms with Gasteiger partial charge in [-0.2, -0.15) is 0 Å². The van der Waals surface area contributed by atoms with E-state index >= 15 is 0 Å². The van der Waals surface area contributed by atoms with Gasteiger partial charge in [0.1, 0.15) is 0 Å². The zero-order valence-electron chi connectivity index (χ0n) is 10.5. The number of hydrogen-bond acceptors (Lipinski definition) is 3. The highest BCUT2D eigenvalue weighted by molar-refractivity contribution is 8.15. The number of para-hydroxylation sites is 1. The van der Waals surface area contributed by atoms with Crippen molar-refractivity contribution in [2.45, 2.75) is 0 Å². The summed E-state index contributed by atoms with van der Waals surface area (Å²) in [5.74, 6) is 0.445. The molecule has 0 unspecified atom stereocenters. The standard InChI is InChI=1S/C15H11ClN2OS/c16-11-6-8-13(9-7-11)18-14(19)10-20-15(18)17-12-4-2-1-3-5-12/h1-9H,10H2.